The van der Waals surface area contributed by atoms with Crippen molar-refractivity contribution in [3.63, 3.8) is 0 Å². The van der Waals surface area contributed by atoms with Crippen LogP contribution in [0.3, 0.4) is 0 Å². The van der Waals surface area contributed by atoms with Crippen LogP contribution in [-0.2, 0) is 4.79 Å². The zero-order valence-corrected chi connectivity index (χ0v) is 13.7. The van der Waals surface area contributed by atoms with Crippen LogP contribution in [0.5, 0.6) is 0 Å². The van der Waals surface area contributed by atoms with Crippen LogP contribution in [0.4, 0.5) is 5.69 Å². The minimum Gasteiger partial charge on any atom is -0.357 e. The van der Waals surface area contributed by atoms with Crippen molar-refractivity contribution >= 4 is 17.6 Å². The summed E-state index contributed by atoms with van der Waals surface area (Å²) in [6.45, 7) is 5.98. The van der Waals surface area contributed by atoms with Crippen LogP contribution in [-0.4, -0.2) is 31.5 Å². The lowest BCUT2D eigenvalue weighted by Gasteiger charge is -2.11. The average Bonchev–Trinajstić information content (AvgIpc) is 2.53. The average molecular weight is 304 g/mol. The summed E-state index contributed by atoms with van der Waals surface area (Å²) in [6, 6.07) is 9.42. The highest BCUT2D eigenvalue weighted by atomic mass is 16.1. The number of hydrogen-bond acceptors (Lipinski definition) is 2. The number of nitrogens with one attached hydrogen (secondary N) is 3. The second-order valence-electron chi connectivity index (χ2n) is 5.10. The summed E-state index contributed by atoms with van der Waals surface area (Å²) in [5.74, 6) is 0.580. The van der Waals surface area contributed by atoms with Gasteiger partial charge in [0, 0.05) is 18.8 Å². The predicted octanol–water partition coefficient (Wildman–Crippen LogP) is 2.76. The van der Waals surface area contributed by atoms with Crippen LogP contribution in [0, 0.1) is 0 Å². The molecule has 0 saturated heterocycles. The van der Waals surface area contributed by atoms with Crippen LogP contribution >= 0.6 is 0 Å². The van der Waals surface area contributed by atoms with Gasteiger partial charge in [0.05, 0.1) is 0 Å². The molecule has 0 saturated carbocycles. The van der Waals surface area contributed by atoms with Crippen LogP contribution in [0.1, 0.15) is 39.5 Å². The fourth-order valence-electron chi connectivity index (χ4n) is 1.97. The second kappa shape index (κ2) is 11.6. The van der Waals surface area contributed by atoms with Crippen molar-refractivity contribution < 1.29 is 4.79 Å². The van der Waals surface area contributed by atoms with Crippen molar-refractivity contribution in [2.24, 2.45) is 4.99 Å². The number of hydrogen-bond donors (Lipinski definition) is 3. The molecule has 0 aliphatic rings. The van der Waals surface area contributed by atoms with E-state index in [0.717, 1.165) is 25.2 Å². The Bertz CT molecular complexity index is 445. The molecule has 5 heteroatoms. The van der Waals surface area contributed by atoms with Gasteiger partial charge in [-0.25, -0.2) is 4.99 Å². The Kier molecular flexibility index (Phi) is 9.50. The van der Waals surface area contributed by atoms with Crippen LogP contribution in [0.2, 0.25) is 0 Å². The first-order valence-corrected chi connectivity index (χ1v) is 8.13. The number of carbonyl (C=O) groups is 1. The van der Waals surface area contributed by atoms with E-state index in [1.165, 1.54) is 19.3 Å². The van der Waals surface area contributed by atoms with Crippen LogP contribution in [0.25, 0.3) is 0 Å². The fourth-order valence-corrected chi connectivity index (χ4v) is 1.97. The molecular formula is C17H28N4O. The SMILES string of the molecule is CCCCCCNC(=NCC(=O)Nc1ccccc1)NCC. The number of anilines is 1. The molecule has 22 heavy (non-hydrogen) atoms. The summed E-state index contributed by atoms with van der Waals surface area (Å²) in [4.78, 5) is 16.2. The van der Waals surface area contributed by atoms with Crippen molar-refractivity contribution in [1.29, 1.82) is 0 Å². The predicted molar refractivity (Wildman–Crippen MR) is 93.2 cm³/mol. The third-order valence-electron chi connectivity index (χ3n) is 3.11. The molecule has 1 rings (SSSR count). The zero-order valence-electron chi connectivity index (χ0n) is 13.7. The van der Waals surface area contributed by atoms with Crippen molar-refractivity contribution in [3.05, 3.63) is 30.3 Å². The summed E-state index contributed by atoms with van der Waals surface area (Å²) in [7, 11) is 0. The Morgan fingerprint density at radius 2 is 1.82 bits per heavy atom. The van der Waals surface area contributed by atoms with Crippen molar-refractivity contribution in [2.75, 3.05) is 25.0 Å². The third kappa shape index (κ3) is 8.29. The second-order valence-corrected chi connectivity index (χ2v) is 5.10. The molecule has 0 heterocycles. The minimum atomic E-state index is -0.116. The number of rotatable bonds is 9. The number of benzene rings is 1. The molecule has 0 spiro atoms. The number of aliphatic imine (C=N–C) groups is 1. The van der Waals surface area contributed by atoms with Gasteiger partial charge in [-0.2, -0.15) is 0 Å². The van der Waals surface area contributed by atoms with E-state index in [9.17, 15) is 4.79 Å². The van der Waals surface area contributed by atoms with E-state index < -0.39 is 0 Å². The first-order valence-electron chi connectivity index (χ1n) is 8.13. The molecule has 1 aromatic rings. The van der Waals surface area contributed by atoms with E-state index in [-0.39, 0.29) is 12.5 Å². The quantitative estimate of drug-likeness (QED) is 0.373. The molecule has 0 radical (unpaired) electrons. The molecule has 0 bridgehead atoms. The van der Waals surface area contributed by atoms with Crippen molar-refractivity contribution in [2.45, 2.75) is 39.5 Å². The van der Waals surface area contributed by atoms with Gasteiger partial charge in [0.25, 0.3) is 0 Å². The number of carbonyl (C=O) groups excluding carboxylic acids is 1. The lowest BCUT2D eigenvalue weighted by atomic mass is 10.2. The third-order valence-corrected chi connectivity index (χ3v) is 3.11. The highest BCUT2D eigenvalue weighted by Crippen LogP contribution is 2.04. The largest absolute Gasteiger partial charge is 0.357 e. The van der Waals surface area contributed by atoms with Gasteiger partial charge in [0.1, 0.15) is 6.54 Å². The Hall–Kier alpha value is -2.04. The number of guanidine groups is 1. The standard InChI is InChI=1S/C17H28N4O/c1-3-5-6-10-13-19-17(18-4-2)20-14-16(22)21-15-11-8-7-9-12-15/h7-9,11-12H,3-6,10,13-14H2,1-2H3,(H,21,22)(H2,18,19,20). The molecule has 0 atom stereocenters. The maximum absolute atomic E-state index is 11.9. The first kappa shape index (κ1) is 18.0. The summed E-state index contributed by atoms with van der Waals surface area (Å²) < 4.78 is 0. The zero-order chi connectivity index (χ0) is 16.0. The monoisotopic (exact) mass is 304 g/mol. The maximum atomic E-state index is 11.9. The first-order chi connectivity index (χ1) is 10.8. The lowest BCUT2D eigenvalue weighted by molar-refractivity contribution is -0.114. The summed E-state index contributed by atoms with van der Waals surface area (Å²) >= 11 is 0. The van der Waals surface area contributed by atoms with E-state index >= 15 is 0 Å². The summed E-state index contributed by atoms with van der Waals surface area (Å²) in [6.07, 6.45) is 4.83. The topological polar surface area (TPSA) is 65.5 Å². The lowest BCUT2D eigenvalue weighted by Crippen LogP contribution is -2.38. The van der Waals surface area contributed by atoms with E-state index in [0.29, 0.717) is 5.96 Å². The van der Waals surface area contributed by atoms with E-state index in [4.69, 9.17) is 0 Å². The van der Waals surface area contributed by atoms with E-state index in [1.54, 1.807) is 0 Å². The smallest absolute Gasteiger partial charge is 0.246 e. The Balaban J connectivity index is 2.35. The van der Waals surface area contributed by atoms with Gasteiger partial charge in [-0.3, -0.25) is 4.79 Å². The highest BCUT2D eigenvalue weighted by Gasteiger charge is 2.02. The van der Waals surface area contributed by atoms with E-state index in [1.807, 2.05) is 37.3 Å². The number of para-hydroxylation sites is 1. The Morgan fingerprint density at radius 1 is 1.05 bits per heavy atom. The Labute approximate surface area is 133 Å². The molecule has 0 aliphatic carbocycles. The van der Waals surface area contributed by atoms with Crippen molar-refractivity contribution in [3.8, 4) is 0 Å². The number of unbranched alkanes of at least 4 members (excludes halogenated alkanes) is 3. The fraction of sp³-hybridized carbons (Fsp3) is 0.529. The van der Waals surface area contributed by atoms with Gasteiger partial charge in [-0.15, -0.1) is 0 Å². The number of nitrogens with zero attached hydrogens (tertiary/aromatic N) is 1. The Morgan fingerprint density at radius 3 is 2.50 bits per heavy atom. The molecular weight excluding hydrogens is 276 g/mol. The molecule has 1 amide bonds. The van der Waals surface area contributed by atoms with Gasteiger partial charge >= 0.3 is 0 Å². The molecule has 0 fully saturated rings. The van der Waals surface area contributed by atoms with Crippen molar-refractivity contribution in [1.82, 2.24) is 10.6 Å². The van der Waals surface area contributed by atoms with Crippen LogP contribution < -0.4 is 16.0 Å². The summed E-state index contributed by atoms with van der Waals surface area (Å²) in [5, 5.41) is 9.23. The van der Waals surface area contributed by atoms with Gasteiger partial charge < -0.3 is 16.0 Å². The molecule has 0 aliphatic heterocycles. The van der Waals surface area contributed by atoms with Gasteiger partial charge in [0.15, 0.2) is 5.96 Å². The van der Waals surface area contributed by atoms with E-state index in [2.05, 4.69) is 27.9 Å². The number of amides is 1. The molecule has 5 nitrogen and oxygen atoms in total. The molecule has 3 N–H and O–H groups in total. The molecule has 122 valence electrons. The normalized spacial score (nSPS) is 11.1. The van der Waals surface area contributed by atoms with Crippen LogP contribution in [0.15, 0.2) is 35.3 Å². The molecule has 0 aromatic heterocycles. The summed E-state index contributed by atoms with van der Waals surface area (Å²) in [5.41, 5.74) is 0.792. The minimum absolute atomic E-state index is 0.110. The maximum Gasteiger partial charge on any atom is 0.246 e. The molecule has 0 unspecified atom stereocenters. The van der Waals surface area contributed by atoms with Gasteiger partial charge in [0.2, 0.25) is 5.91 Å². The van der Waals surface area contributed by atoms with Gasteiger partial charge in [-0.1, -0.05) is 44.4 Å². The molecule has 1 aromatic carbocycles. The van der Waals surface area contributed by atoms with Gasteiger partial charge in [-0.05, 0) is 25.5 Å². The highest BCUT2D eigenvalue weighted by molar-refractivity contribution is 5.94.